The van der Waals surface area contributed by atoms with Crippen LogP contribution in [0.5, 0.6) is 11.5 Å². The van der Waals surface area contributed by atoms with Crippen LogP contribution in [0.2, 0.25) is 0 Å². The lowest BCUT2D eigenvalue weighted by molar-refractivity contribution is -0.271. The van der Waals surface area contributed by atoms with Crippen LogP contribution >= 0.6 is 0 Å². The number of methoxy groups -OCH3 is 2. The van der Waals surface area contributed by atoms with Gasteiger partial charge >= 0.3 is 0 Å². The highest BCUT2D eigenvalue weighted by atomic mass is 17.2. The highest BCUT2D eigenvalue weighted by Crippen LogP contribution is 2.43. The molecule has 0 aliphatic rings. The summed E-state index contributed by atoms with van der Waals surface area (Å²) in [6, 6.07) is 14.2. The van der Waals surface area contributed by atoms with E-state index in [-0.39, 0.29) is 0 Å². The Bertz CT molecular complexity index is 863. The molecule has 0 amide bonds. The maximum atomic E-state index is 5.73. The van der Waals surface area contributed by atoms with Crippen LogP contribution in [0.15, 0.2) is 42.5 Å². The summed E-state index contributed by atoms with van der Waals surface area (Å²) in [7, 11) is 6.82. The molecule has 3 rings (SSSR count). The smallest absolute Gasteiger partial charge is 0.154 e. The molecular formula is C19H21NO4. The average molecular weight is 327 g/mol. The van der Waals surface area contributed by atoms with E-state index in [1.807, 2.05) is 48.3 Å². The summed E-state index contributed by atoms with van der Waals surface area (Å²) in [5, 5.41) is 4.07. The van der Waals surface area contributed by atoms with Crippen molar-refractivity contribution in [3.63, 3.8) is 0 Å². The van der Waals surface area contributed by atoms with Crippen molar-refractivity contribution in [2.24, 2.45) is 0 Å². The van der Waals surface area contributed by atoms with Crippen molar-refractivity contribution in [3.8, 4) is 11.5 Å². The zero-order valence-corrected chi connectivity index (χ0v) is 14.3. The zero-order chi connectivity index (χ0) is 17.1. The number of anilines is 1. The van der Waals surface area contributed by atoms with Gasteiger partial charge in [-0.3, -0.25) is 0 Å². The van der Waals surface area contributed by atoms with E-state index in [9.17, 15) is 0 Å². The van der Waals surface area contributed by atoms with Crippen LogP contribution in [-0.4, -0.2) is 35.1 Å². The minimum absolute atomic E-state index is 0.328. The molecule has 3 aromatic carbocycles. The lowest BCUT2D eigenvalue weighted by atomic mass is 10.00. The Hall–Kier alpha value is -2.50. The summed E-state index contributed by atoms with van der Waals surface area (Å²) >= 11 is 0. The van der Waals surface area contributed by atoms with E-state index >= 15 is 0 Å². The van der Waals surface area contributed by atoms with Crippen LogP contribution < -0.4 is 14.4 Å². The third-order valence-electron chi connectivity index (χ3n) is 4.12. The van der Waals surface area contributed by atoms with Gasteiger partial charge in [-0.15, -0.1) is 0 Å². The Morgan fingerprint density at radius 1 is 0.792 bits per heavy atom. The predicted molar refractivity (Wildman–Crippen MR) is 95.9 cm³/mol. The molecule has 0 atom stereocenters. The molecule has 0 spiro atoms. The molecule has 0 fully saturated rings. The number of rotatable bonds is 6. The molecule has 3 aromatic rings. The van der Waals surface area contributed by atoms with Gasteiger partial charge in [0.05, 0.1) is 21.3 Å². The van der Waals surface area contributed by atoms with Crippen molar-refractivity contribution in [2.45, 2.75) is 0 Å². The Labute approximate surface area is 141 Å². The van der Waals surface area contributed by atoms with Crippen LogP contribution in [0, 0.1) is 0 Å². The van der Waals surface area contributed by atoms with Gasteiger partial charge < -0.3 is 14.4 Å². The zero-order valence-electron chi connectivity index (χ0n) is 14.3. The molecule has 0 saturated heterocycles. The Morgan fingerprint density at radius 3 is 1.96 bits per heavy atom. The van der Waals surface area contributed by atoms with Crippen LogP contribution in [0.25, 0.3) is 21.5 Å². The topological polar surface area (TPSA) is 40.2 Å². The number of nitrogens with zero attached hydrogens (tertiary/aromatic N) is 1. The number of benzene rings is 3. The summed E-state index contributed by atoms with van der Waals surface area (Å²) in [6.45, 7) is 0.328. The highest BCUT2D eigenvalue weighted by Gasteiger charge is 2.16. The molecule has 0 radical (unpaired) electrons. The summed E-state index contributed by atoms with van der Waals surface area (Å²) in [5.74, 6) is 1.69. The molecule has 0 unspecified atom stereocenters. The number of ether oxygens (including phenoxy) is 2. The first kappa shape index (κ1) is 16.4. The van der Waals surface area contributed by atoms with Gasteiger partial charge in [0.2, 0.25) is 0 Å². The fourth-order valence-corrected chi connectivity index (χ4v) is 2.97. The van der Waals surface area contributed by atoms with Gasteiger partial charge in [0.1, 0.15) is 11.5 Å². The van der Waals surface area contributed by atoms with E-state index in [0.29, 0.717) is 6.73 Å². The van der Waals surface area contributed by atoms with Crippen LogP contribution in [0.3, 0.4) is 0 Å². The van der Waals surface area contributed by atoms with E-state index in [0.717, 1.165) is 38.7 Å². The van der Waals surface area contributed by atoms with Crippen molar-refractivity contribution in [1.29, 1.82) is 0 Å². The lowest BCUT2D eigenvalue weighted by Gasteiger charge is -2.20. The molecular weight excluding hydrogens is 306 g/mol. The Morgan fingerprint density at radius 2 is 1.38 bits per heavy atom. The Balaban J connectivity index is 2.26. The van der Waals surface area contributed by atoms with E-state index in [2.05, 4.69) is 11.0 Å². The number of hydrogen-bond acceptors (Lipinski definition) is 5. The molecule has 0 aliphatic heterocycles. The first-order valence-corrected chi connectivity index (χ1v) is 7.64. The van der Waals surface area contributed by atoms with Crippen molar-refractivity contribution < 1.29 is 19.2 Å². The van der Waals surface area contributed by atoms with Gasteiger partial charge in [-0.2, -0.15) is 0 Å². The first-order valence-electron chi connectivity index (χ1n) is 7.64. The van der Waals surface area contributed by atoms with Crippen molar-refractivity contribution in [2.75, 3.05) is 40.0 Å². The largest absolute Gasteiger partial charge is 0.495 e. The van der Waals surface area contributed by atoms with Gasteiger partial charge in [-0.1, -0.05) is 24.3 Å². The van der Waals surface area contributed by atoms with E-state index in [1.165, 1.54) is 7.11 Å². The maximum absolute atomic E-state index is 5.73. The monoisotopic (exact) mass is 327 g/mol. The van der Waals surface area contributed by atoms with Crippen LogP contribution in [-0.2, 0) is 9.78 Å². The molecule has 0 bridgehead atoms. The molecule has 0 aromatic heterocycles. The molecule has 5 heteroatoms. The predicted octanol–water partition coefficient (Wildman–Crippen LogP) is 3.98. The second kappa shape index (κ2) is 6.95. The van der Waals surface area contributed by atoms with Gasteiger partial charge in [0.15, 0.2) is 6.73 Å². The molecule has 24 heavy (non-hydrogen) atoms. The fourth-order valence-electron chi connectivity index (χ4n) is 2.97. The van der Waals surface area contributed by atoms with Crippen molar-refractivity contribution in [1.82, 2.24) is 0 Å². The molecule has 0 N–H and O–H groups in total. The fraction of sp³-hybridized carbons (Fsp3) is 0.263. The third kappa shape index (κ3) is 2.72. The normalized spacial score (nSPS) is 11.0. The van der Waals surface area contributed by atoms with Crippen LogP contribution in [0.4, 0.5) is 5.69 Å². The minimum atomic E-state index is 0.328. The summed E-state index contributed by atoms with van der Waals surface area (Å²) in [6.07, 6.45) is 0. The quantitative estimate of drug-likeness (QED) is 0.296. The lowest BCUT2D eigenvalue weighted by Crippen LogP contribution is -2.20. The standard InChI is InChI=1S/C19H21NO4/c1-20(12-24-23-4)13-9-10-16-17(11-13)19(22-3)15-8-6-5-7-14(15)18(16)21-2/h5-11H,12H2,1-4H3. The molecule has 0 aliphatic carbocycles. The summed E-state index contributed by atoms with van der Waals surface area (Å²) in [4.78, 5) is 11.6. The average Bonchev–Trinajstić information content (AvgIpc) is 2.63. The van der Waals surface area contributed by atoms with Crippen LogP contribution in [0.1, 0.15) is 0 Å². The number of hydrogen-bond donors (Lipinski definition) is 0. The Kier molecular flexibility index (Phi) is 4.74. The molecule has 0 saturated carbocycles. The second-order valence-electron chi connectivity index (χ2n) is 5.45. The highest BCUT2D eigenvalue weighted by molar-refractivity contribution is 6.11. The van der Waals surface area contributed by atoms with Crippen molar-refractivity contribution in [3.05, 3.63) is 42.5 Å². The maximum Gasteiger partial charge on any atom is 0.154 e. The van der Waals surface area contributed by atoms with Gasteiger partial charge in [0.25, 0.3) is 0 Å². The van der Waals surface area contributed by atoms with E-state index in [1.54, 1.807) is 14.2 Å². The minimum Gasteiger partial charge on any atom is -0.495 e. The van der Waals surface area contributed by atoms with Crippen molar-refractivity contribution >= 4 is 27.2 Å². The third-order valence-corrected chi connectivity index (χ3v) is 4.12. The first-order chi connectivity index (χ1) is 11.7. The van der Waals surface area contributed by atoms with E-state index < -0.39 is 0 Å². The molecule has 0 heterocycles. The van der Waals surface area contributed by atoms with Gasteiger partial charge in [0, 0.05) is 34.3 Å². The molecule has 126 valence electrons. The summed E-state index contributed by atoms with van der Waals surface area (Å²) < 4.78 is 11.4. The second-order valence-corrected chi connectivity index (χ2v) is 5.45. The van der Waals surface area contributed by atoms with Gasteiger partial charge in [-0.25, -0.2) is 9.78 Å². The number of fused-ring (bicyclic) bond motifs is 2. The van der Waals surface area contributed by atoms with Gasteiger partial charge in [-0.05, 0) is 18.2 Å². The summed E-state index contributed by atoms with van der Waals surface area (Å²) in [5.41, 5.74) is 0.996. The molecule has 5 nitrogen and oxygen atoms in total. The SMILES string of the molecule is COOCN(C)c1ccc2c(OC)c3ccccc3c(OC)c2c1. The van der Waals surface area contributed by atoms with E-state index in [4.69, 9.17) is 14.4 Å².